The Morgan fingerprint density at radius 3 is 2.14 bits per heavy atom. The third kappa shape index (κ3) is 2.82. The van der Waals surface area contributed by atoms with Crippen LogP contribution in [0.3, 0.4) is 0 Å². The average Bonchev–Trinajstić information content (AvgIpc) is 2.15. The summed E-state index contributed by atoms with van der Waals surface area (Å²) >= 11 is 0. The highest BCUT2D eigenvalue weighted by molar-refractivity contribution is 6.03. The van der Waals surface area contributed by atoms with Gasteiger partial charge >= 0.3 is 5.97 Å². The molecule has 0 aromatic carbocycles. The molecule has 0 aliphatic heterocycles. The number of Topliss-reactive ketones (excluding diaryl/α,β-unsaturated/α-hetero) is 1. The van der Waals surface area contributed by atoms with Crippen LogP contribution in [0, 0.1) is 11.3 Å². The molecule has 14 heavy (non-hydrogen) atoms. The summed E-state index contributed by atoms with van der Waals surface area (Å²) < 4.78 is 4.86. The third-order valence-corrected chi connectivity index (χ3v) is 2.46. The first-order valence-electron chi connectivity index (χ1n) is 5.09. The van der Waals surface area contributed by atoms with Crippen LogP contribution in [-0.4, -0.2) is 18.4 Å². The van der Waals surface area contributed by atoms with E-state index < -0.39 is 11.4 Å². The molecule has 0 saturated heterocycles. The number of ketones is 1. The normalized spacial score (nSPS) is 13.5. The lowest BCUT2D eigenvalue weighted by Crippen LogP contribution is -2.38. The van der Waals surface area contributed by atoms with Crippen molar-refractivity contribution in [3.63, 3.8) is 0 Å². The molecule has 0 bridgehead atoms. The molecule has 0 heterocycles. The second-order valence-corrected chi connectivity index (χ2v) is 4.02. The lowest BCUT2D eigenvalue weighted by molar-refractivity contribution is -0.159. The van der Waals surface area contributed by atoms with Crippen LogP contribution >= 0.6 is 0 Å². The number of ether oxygens (including phenoxy) is 1. The molecule has 0 amide bonds. The first kappa shape index (κ1) is 13.1. The Bertz CT molecular complexity index is 219. The van der Waals surface area contributed by atoms with Crippen molar-refractivity contribution >= 4 is 11.8 Å². The number of rotatable bonds is 5. The van der Waals surface area contributed by atoms with Crippen LogP contribution in [0.25, 0.3) is 0 Å². The standard InChI is InChI=1S/C11H20O3/c1-6-8(3)9(12)11(4,5)10(13)14-7-2/h8H,6-7H2,1-5H3. The first-order valence-corrected chi connectivity index (χ1v) is 5.09. The van der Waals surface area contributed by atoms with E-state index in [1.165, 1.54) is 0 Å². The zero-order valence-electron chi connectivity index (χ0n) is 9.72. The Hall–Kier alpha value is -0.860. The second kappa shape index (κ2) is 5.13. The molecule has 0 aromatic rings. The van der Waals surface area contributed by atoms with E-state index in [9.17, 15) is 9.59 Å². The molecule has 3 nitrogen and oxygen atoms in total. The van der Waals surface area contributed by atoms with Gasteiger partial charge in [0.1, 0.15) is 5.41 Å². The van der Waals surface area contributed by atoms with Crippen molar-refractivity contribution in [2.45, 2.75) is 41.0 Å². The van der Waals surface area contributed by atoms with Gasteiger partial charge in [-0.3, -0.25) is 9.59 Å². The smallest absolute Gasteiger partial charge is 0.319 e. The zero-order chi connectivity index (χ0) is 11.4. The van der Waals surface area contributed by atoms with Crippen LogP contribution in [-0.2, 0) is 14.3 Å². The van der Waals surface area contributed by atoms with Gasteiger partial charge in [-0.25, -0.2) is 0 Å². The molecule has 3 heteroatoms. The fourth-order valence-electron chi connectivity index (χ4n) is 1.21. The molecular weight excluding hydrogens is 180 g/mol. The van der Waals surface area contributed by atoms with Crippen LogP contribution < -0.4 is 0 Å². The highest BCUT2D eigenvalue weighted by Gasteiger charge is 2.39. The molecule has 0 aliphatic rings. The van der Waals surface area contributed by atoms with E-state index in [1.807, 2.05) is 13.8 Å². The van der Waals surface area contributed by atoms with Gasteiger partial charge in [0, 0.05) is 5.92 Å². The molecule has 0 radical (unpaired) electrons. The van der Waals surface area contributed by atoms with E-state index in [2.05, 4.69) is 0 Å². The fraction of sp³-hybridized carbons (Fsp3) is 0.818. The summed E-state index contributed by atoms with van der Waals surface area (Å²) in [6.45, 7) is 9.07. The highest BCUT2D eigenvalue weighted by atomic mass is 16.5. The van der Waals surface area contributed by atoms with Crippen molar-refractivity contribution in [2.24, 2.45) is 11.3 Å². The Morgan fingerprint density at radius 2 is 1.79 bits per heavy atom. The lowest BCUT2D eigenvalue weighted by Gasteiger charge is -2.23. The van der Waals surface area contributed by atoms with Gasteiger partial charge in [0.2, 0.25) is 0 Å². The average molecular weight is 200 g/mol. The summed E-state index contributed by atoms with van der Waals surface area (Å²) in [5, 5.41) is 0. The summed E-state index contributed by atoms with van der Waals surface area (Å²) in [6, 6.07) is 0. The van der Waals surface area contributed by atoms with Crippen LogP contribution in [0.2, 0.25) is 0 Å². The predicted molar refractivity (Wildman–Crippen MR) is 54.9 cm³/mol. The van der Waals surface area contributed by atoms with Gasteiger partial charge in [-0.15, -0.1) is 0 Å². The van der Waals surface area contributed by atoms with Crippen molar-refractivity contribution in [3.8, 4) is 0 Å². The van der Waals surface area contributed by atoms with Crippen molar-refractivity contribution in [3.05, 3.63) is 0 Å². The maximum Gasteiger partial charge on any atom is 0.319 e. The molecule has 82 valence electrons. The largest absolute Gasteiger partial charge is 0.465 e. The van der Waals surface area contributed by atoms with Gasteiger partial charge in [-0.05, 0) is 27.2 Å². The lowest BCUT2D eigenvalue weighted by atomic mass is 9.81. The summed E-state index contributed by atoms with van der Waals surface area (Å²) in [4.78, 5) is 23.3. The Balaban J connectivity index is 4.60. The number of carbonyl (C=O) groups excluding carboxylic acids is 2. The van der Waals surface area contributed by atoms with Crippen molar-refractivity contribution < 1.29 is 14.3 Å². The number of esters is 1. The van der Waals surface area contributed by atoms with E-state index in [-0.39, 0.29) is 11.7 Å². The molecule has 0 rings (SSSR count). The maximum absolute atomic E-state index is 11.8. The van der Waals surface area contributed by atoms with Gasteiger partial charge < -0.3 is 4.74 Å². The SMILES string of the molecule is CCOC(=O)C(C)(C)C(=O)C(C)CC. The zero-order valence-corrected chi connectivity index (χ0v) is 9.72. The second-order valence-electron chi connectivity index (χ2n) is 4.02. The van der Waals surface area contributed by atoms with E-state index in [0.29, 0.717) is 6.61 Å². The molecular formula is C11H20O3. The van der Waals surface area contributed by atoms with Crippen LogP contribution in [0.1, 0.15) is 41.0 Å². The molecule has 0 aromatic heterocycles. The quantitative estimate of drug-likeness (QED) is 0.504. The van der Waals surface area contributed by atoms with Crippen LogP contribution in [0.5, 0.6) is 0 Å². The highest BCUT2D eigenvalue weighted by Crippen LogP contribution is 2.24. The monoisotopic (exact) mass is 200 g/mol. The van der Waals surface area contributed by atoms with E-state index in [4.69, 9.17) is 4.74 Å². The molecule has 1 unspecified atom stereocenters. The summed E-state index contributed by atoms with van der Waals surface area (Å²) in [5.41, 5.74) is -1.01. The van der Waals surface area contributed by atoms with Gasteiger partial charge in [-0.1, -0.05) is 13.8 Å². The van der Waals surface area contributed by atoms with Gasteiger partial charge in [-0.2, -0.15) is 0 Å². The minimum Gasteiger partial charge on any atom is -0.465 e. The van der Waals surface area contributed by atoms with Gasteiger partial charge in [0.05, 0.1) is 6.61 Å². The predicted octanol–water partition coefficient (Wildman–Crippen LogP) is 2.19. The fourth-order valence-corrected chi connectivity index (χ4v) is 1.21. The van der Waals surface area contributed by atoms with Crippen LogP contribution in [0.4, 0.5) is 0 Å². The maximum atomic E-state index is 11.8. The number of carbonyl (C=O) groups is 2. The van der Waals surface area contributed by atoms with Crippen molar-refractivity contribution in [1.82, 2.24) is 0 Å². The van der Waals surface area contributed by atoms with E-state index in [1.54, 1.807) is 20.8 Å². The molecule has 1 atom stereocenters. The first-order chi connectivity index (χ1) is 6.37. The number of hydrogen-bond acceptors (Lipinski definition) is 3. The van der Waals surface area contributed by atoms with Gasteiger partial charge in [0.25, 0.3) is 0 Å². The minimum atomic E-state index is -1.01. The number of hydrogen-bond donors (Lipinski definition) is 0. The Kier molecular flexibility index (Phi) is 4.81. The Labute approximate surface area is 85.8 Å². The molecule has 0 aliphatic carbocycles. The van der Waals surface area contributed by atoms with E-state index in [0.717, 1.165) is 6.42 Å². The van der Waals surface area contributed by atoms with Crippen molar-refractivity contribution in [1.29, 1.82) is 0 Å². The van der Waals surface area contributed by atoms with Crippen molar-refractivity contribution in [2.75, 3.05) is 6.61 Å². The molecule has 0 fully saturated rings. The summed E-state index contributed by atoms with van der Waals surface area (Å²) in [6.07, 6.45) is 0.752. The molecule has 0 saturated carbocycles. The summed E-state index contributed by atoms with van der Waals surface area (Å²) in [7, 11) is 0. The van der Waals surface area contributed by atoms with Gasteiger partial charge in [0.15, 0.2) is 5.78 Å². The molecule has 0 spiro atoms. The Morgan fingerprint density at radius 1 is 1.29 bits per heavy atom. The minimum absolute atomic E-state index is 0.0431. The van der Waals surface area contributed by atoms with E-state index >= 15 is 0 Å². The topological polar surface area (TPSA) is 43.4 Å². The summed E-state index contributed by atoms with van der Waals surface area (Å²) in [5.74, 6) is -0.557. The third-order valence-electron chi connectivity index (χ3n) is 2.46. The molecule has 0 N–H and O–H groups in total. The van der Waals surface area contributed by atoms with Crippen LogP contribution in [0.15, 0.2) is 0 Å².